The fourth-order valence-corrected chi connectivity index (χ4v) is 2.08. The van der Waals surface area contributed by atoms with Gasteiger partial charge in [0.2, 0.25) is 0 Å². The second-order valence-corrected chi connectivity index (χ2v) is 8.56. The molecule has 28 heavy (non-hydrogen) atoms. The van der Waals surface area contributed by atoms with Gasteiger partial charge in [-0.3, -0.25) is 9.59 Å². The van der Waals surface area contributed by atoms with Gasteiger partial charge in [0, 0.05) is 23.3 Å². The van der Waals surface area contributed by atoms with E-state index in [2.05, 4.69) is 0 Å². The molecule has 0 aliphatic heterocycles. The molecule has 6 heteroatoms. The summed E-state index contributed by atoms with van der Waals surface area (Å²) in [6.45, 7) is 10.1. The summed E-state index contributed by atoms with van der Waals surface area (Å²) < 4.78 is 39.3. The highest BCUT2D eigenvalue weighted by molar-refractivity contribution is 5.79. The number of esters is 2. The average Bonchev–Trinajstić information content (AvgIpc) is 2.54. The fourth-order valence-electron chi connectivity index (χ4n) is 2.08. The van der Waals surface area contributed by atoms with Crippen molar-refractivity contribution in [1.82, 2.24) is 0 Å². The number of carbonyl (C=O) groups excluding carboxylic acids is 2. The highest BCUT2D eigenvalue weighted by Gasteiger charge is 2.25. The van der Waals surface area contributed by atoms with Crippen molar-refractivity contribution in [3.05, 3.63) is 48.0 Å². The van der Waals surface area contributed by atoms with Crippen molar-refractivity contribution in [3.8, 4) is 22.6 Å². The molecule has 150 valence electrons. The first-order valence-corrected chi connectivity index (χ1v) is 8.83. The van der Waals surface area contributed by atoms with E-state index in [1.54, 1.807) is 41.5 Å². The summed E-state index contributed by atoms with van der Waals surface area (Å²) in [5, 5.41) is 0. The van der Waals surface area contributed by atoms with E-state index in [0.717, 1.165) is 12.1 Å². The summed E-state index contributed by atoms with van der Waals surface area (Å²) in [4.78, 5) is 23.8. The summed E-state index contributed by atoms with van der Waals surface area (Å²) in [6.07, 6.45) is 0. The number of ether oxygens (including phenoxy) is 2. The number of rotatable bonds is 3. The molecule has 2 aromatic carbocycles. The Balaban J connectivity index is 2.26. The molecule has 0 fully saturated rings. The number of hydrogen-bond acceptors (Lipinski definition) is 4. The lowest BCUT2D eigenvalue weighted by molar-refractivity contribution is -0.143. The Morgan fingerprint density at radius 1 is 0.679 bits per heavy atom. The maximum atomic E-state index is 14.5. The summed E-state index contributed by atoms with van der Waals surface area (Å²) in [5.74, 6) is -2.41. The van der Waals surface area contributed by atoms with Crippen molar-refractivity contribution >= 4 is 11.9 Å². The monoisotopic (exact) mass is 390 g/mol. The van der Waals surface area contributed by atoms with Gasteiger partial charge in [0.25, 0.3) is 0 Å². The predicted molar refractivity (Wildman–Crippen MR) is 102 cm³/mol. The summed E-state index contributed by atoms with van der Waals surface area (Å²) in [7, 11) is 0. The summed E-state index contributed by atoms with van der Waals surface area (Å²) in [6, 6.07) is 7.53. The van der Waals surface area contributed by atoms with Crippen LogP contribution in [0.5, 0.6) is 11.5 Å². The van der Waals surface area contributed by atoms with Gasteiger partial charge in [-0.05, 0) is 65.8 Å². The zero-order chi connectivity index (χ0) is 21.3. The minimum Gasteiger partial charge on any atom is -0.426 e. The van der Waals surface area contributed by atoms with Crippen molar-refractivity contribution < 1.29 is 27.8 Å². The van der Waals surface area contributed by atoms with Gasteiger partial charge in [-0.15, -0.1) is 0 Å². The Morgan fingerprint density at radius 3 is 1.25 bits per heavy atom. The third-order valence-corrected chi connectivity index (χ3v) is 3.82. The topological polar surface area (TPSA) is 52.6 Å². The van der Waals surface area contributed by atoms with E-state index in [1.807, 2.05) is 0 Å². The molecule has 0 saturated carbocycles. The Labute approximate surface area is 163 Å². The molecule has 0 N–H and O–H groups in total. The largest absolute Gasteiger partial charge is 0.426 e. The summed E-state index contributed by atoms with van der Waals surface area (Å²) in [5.41, 5.74) is -1.47. The molecule has 2 aromatic rings. The minimum atomic E-state index is -0.738. The van der Waals surface area contributed by atoms with Crippen molar-refractivity contribution in [2.24, 2.45) is 10.8 Å². The lowest BCUT2D eigenvalue weighted by atomic mass is 9.97. The van der Waals surface area contributed by atoms with Crippen LogP contribution in [0.15, 0.2) is 36.4 Å². The van der Waals surface area contributed by atoms with Gasteiger partial charge in [0.05, 0.1) is 10.8 Å². The van der Waals surface area contributed by atoms with Crippen LogP contribution in [-0.2, 0) is 9.59 Å². The maximum Gasteiger partial charge on any atom is 0.316 e. The first-order chi connectivity index (χ1) is 12.8. The first-order valence-electron chi connectivity index (χ1n) is 8.83. The Kier molecular flexibility index (Phi) is 5.92. The van der Waals surface area contributed by atoms with Crippen LogP contribution in [0.1, 0.15) is 41.5 Å². The molecule has 0 aromatic heterocycles. The maximum absolute atomic E-state index is 14.5. The quantitative estimate of drug-likeness (QED) is 0.510. The van der Waals surface area contributed by atoms with Crippen LogP contribution in [-0.4, -0.2) is 11.9 Å². The lowest BCUT2D eigenvalue weighted by Gasteiger charge is -2.17. The van der Waals surface area contributed by atoms with E-state index in [9.17, 15) is 18.4 Å². The van der Waals surface area contributed by atoms with Crippen LogP contribution in [0, 0.1) is 22.5 Å². The van der Waals surface area contributed by atoms with Gasteiger partial charge in [-0.2, -0.15) is 0 Å². The zero-order valence-electron chi connectivity index (χ0n) is 16.9. The molecule has 0 radical (unpaired) electrons. The fraction of sp³-hybridized carbons (Fsp3) is 0.364. The Morgan fingerprint density at radius 2 is 1.00 bits per heavy atom. The van der Waals surface area contributed by atoms with E-state index < -0.39 is 34.4 Å². The molecule has 0 saturated heterocycles. The smallest absolute Gasteiger partial charge is 0.316 e. The van der Waals surface area contributed by atoms with Gasteiger partial charge in [0.15, 0.2) is 0 Å². The van der Waals surface area contributed by atoms with Crippen LogP contribution in [0.4, 0.5) is 8.78 Å². The van der Waals surface area contributed by atoms with E-state index in [1.165, 1.54) is 24.3 Å². The highest BCUT2D eigenvalue weighted by Crippen LogP contribution is 2.31. The lowest BCUT2D eigenvalue weighted by Crippen LogP contribution is -2.25. The Bertz CT molecular complexity index is 830. The van der Waals surface area contributed by atoms with Crippen LogP contribution in [0.2, 0.25) is 0 Å². The number of halogens is 2. The number of hydrogen-bond donors (Lipinski definition) is 0. The zero-order valence-corrected chi connectivity index (χ0v) is 16.9. The van der Waals surface area contributed by atoms with E-state index in [0.29, 0.717) is 0 Å². The van der Waals surface area contributed by atoms with Gasteiger partial charge in [-0.25, -0.2) is 8.78 Å². The molecular weight excluding hydrogens is 366 g/mol. The van der Waals surface area contributed by atoms with Crippen molar-refractivity contribution in [2.45, 2.75) is 41.5 Å². The highest BCUT2D eigenvalue weighted by atomic mass is 19.1. The number of carbonyl (C=O) groups is 2. The molecule has 0 amide bonds. The molecule has 4 nitrogen and oxygen atoms in total. The molecule has 0 atom stereocenters. The molecule has 0 aliphatic carbocycles. The predicted octanol–water partition coefficient (Wildman–Crippen LogP) is 5.53. The van der Waals surface area contributed by atoms with Crippen molar-refractivity contribution in [3.63, 3.8) is 0 Å². The SMILES string of the molecule is CC(C)(C)C(=O)Oc1ccc(-c2ccc(OC(=O)C(C)(C)C)cc2F)c(F)c1. The standard InChI is InChI=1S/C22H24F2O4/c1-21(2,3)19(25)27-13-7-9-15(17(23)11-13)16-10-8-14(12-18(16)24)28-20(26)22(4,5)6/h7-12H,1-6H3. The van der Waals surface area contributed by atoms with Gasteiger partial charge in [0.1, 0.15) is 23.1 Å². The van der Waals surface area contributed by atoms with E-state index >= 15 is 0 Å². The van der Waals surface area contributed by atoms with Crippen LogP contribution in [0.3, 0.4) is 0 Å². The normalized spacial score (nSPS) is 11.9. The van der Waals surface area contributed by atoms with Crippen LogP contribution >= 0.6 is 0 Å². The number of benzene rings is 2. The van der Waals surface area contributed by atoms with Gasteiger partial charge in [-0.1, -0.05) is 0 Å². The molecule has 2 rings (SSSR count). The van der Waals surface area contributed by atoms with Crippen LogP contribution in [0.25, 0.3) is 11.1 Å². The van der Waals surface area contributed by atoms with E-state index in [4.69, 9.17) is 9.47 Å². The molecule has 0 aliphatic rings. The second-order valence-electron chi connectivity index (χ2n) is 8.56. The third-order valence-electron chi connectivity index (χ3n) is 3.82. The van der Waals surface area contributed by atoms with Crippen molar-refractivity contribution in [1.29, 1.82) is 0 Å². The third kappa shape index (κ3) is 5.15. The molecule has 0 bridgehead atoms. The van der Waals surface area contributed by atoms with Gasteiger partial charge < -0.3 is 9.47 Å². The summed E-state index contributed by atoms with van der Waals surface area (Å²) >= 11 is 0. The molecular formula is C22H24F2O4. The molecule has 0 heterocycles. The molecule has 0 unspecified atom stereocenters. The average molecular weight is 390 g/mol. The van der Waals surface area contributed by atoms with Crippen LogP contribution < -0.4 is 9.47 Å². The minimum absolute atomic E-state index is 0.00163. The van der Waals surface area contributed by atoms with Gasteiger partial charge >= 0.3 is 11.9 Å². The Hall–Kier alpha value is -2.76. The molecule has 0 spiro atoms. The first kappa shape index (κ1) is 21.5. The van der Waals surface area contributed by atoms with E-state index in [-0.39, 0.29) is 22.6 Å². The second kappa shape index (κ2) is 7.70. The van der Waals surface area contributed by atoms with Crippen molar-refractivity contribution in [2.75, 3.05) is 0 Å².